The van der Waals surface area contributed by atoms with E-state index in [0.717, 1.165) is 0 Å². The van der Waals surface area contributed by atoms with Crippen LogP contribution in [0.25, 0.3) is 0 Å². The summed E-state index contributed by atoms with van der Waals surface area (Å²) in [6.45, 7) is 0. The third kappa shape index (κ3) is 2.88. The second kappa shape index (κ2) is 4.28. The van der Waals surface area contributed by atoms with E-state index in [4.69, 9.17) is 0 Å². The van der Waals surface area contributed by atoms with Crippen LogP contribution in [0.5, 0.6) is 5.75 Å². The van der Waals surface area contributed by atoms with Crippen LogP contribution in [-0.2, 0) is 4.89 Å². The molecule has 0 spiro atoms. The summed E-state index contributed by atoms with van der Waals surface area (Å²) in [5.74, 6) is -0.0761. The Morgan fingerprint density at radius 1 is 1.07 bits per heavy atom. The Labute approximate surface area is 77.0 Å². The van der Waals surface area contributed by atoms with Gasteiger partial charge in [-0.05, 0) is 12.1 Å². The minimum Gasteiger partial charge on any atom is -0.331 e. The quantitative estimate of drug-likeness (QED) is 0.432. The van der Waals surface area contributed by atoms with Gasteiger partial charge in [0.15, 0.2) is 5.75 Å². The van der Waals surface area contributed by atoms with Crippen LogP contribution in [0.15, 0.2) is 30.3 Å². The molecule has 0 aliphatic heterocycles. The van der Waals surface area contributed by atoms with E-state index in [1.54, 1.807) is 6.07 Å². The lowest BCUT2D eigenvalue weighted by Crippen LogP contribution is -2.31. The Hall–Kier alpha value is -1.30. The molecule has 0 atom stereocenters. The maximum absolute atomic E-state index is 12.1. The van der Waals surface area contributed by atoms with Crippen LogP contribution >= 0.6 is 0 Å². The summed E-state index contributed by atoms with van der Waals surface area (Å²) in [5.41, 5.74) is 0. The predicted molar refractivity (Wildman–Crippen MR) is 39.1 cm³/mol. The molecule has 6 heteroatoms. The molecule has 78 valence electrons. The summed E-state index contributed by atoms with van der Waals surface area (Å²) in [5, 5.41) is 0. The molecule has 0 heterocycles. The van der Waals surface area contributed by atoms with Gasteiger partial charge in [0.05, 0.1) is 0 Å². The monoisotopic (exact) mass is 210 g/mol. The zero-order valence-electron chi connectivity index (χ0n) is 6.79. The smallest absolute Gasteiger partial charge is 0.331 e. The average Bonchev–Trinajstić information content (AvgIpc) is 2.16. The van der Waals surface area contributed by atoms with Gasteiger partial charge in [-0.2, -0.15) is 8.78 Å². The molecule has 0 aromatic heterocycles. The van der Waals surface area contributed by atoms with Crippen LogP contribution in [0.3, 0.4) is 0 Å². The number of halogens is 4. The van der Waals surface area contributed by atoms with Gasteiger partial charge in [-0.3, -0.25) is 0 Å². The highest BCUT2D eigenvalue weighted by Crippen LogP contribution is 2.25. The molecule has 0 N–H and O–H groups in total. The second-order valence-corrected chi connectivity index (χ2v) is 2.34. The summed E-state index contributed by atoms with van der Waals surface area (Å²) in [4.78, 5) is 7.30. The molecule has 2 nitrogen and oxygen atoms in total. The average molecular weight is 210 g/mol. The molecule has 1 aromatic rings. The molecule has 0 unspecified atom stereocenters. The first-order chi connectivity index (χ1) is 6.52. The summed E-state index contributed by atoms with van der Waals surface area (Å²) in [6.07, 6.45) is -8.53. The zero-order valence-corrected chi connectivity index (χ0v) is 6.79. The molecule has 0 amide bonds. The number of para-hydroxylation sites is 1. The molecule has 0 saturated heterocycles. The Kier molecular flexibility index (Phi) is 3.29. The summed E-state index contributed by atoms with van der Waals surface area (Å²) < 4.78 is 47.4. The van der Waals surface area contributed by atoms with Crippen molar-refractivity contribution < 1.29 is 27.3 Å². The maximum atomic E-state index is 12.1. The minimum atomic E-state index is -4.60. The van der Waals surface area contributed by atoms with E-state index in [1.807, 2.05) is 0 Å². The van der Waals surface area contributed by atoms with Crippen molar-refractivity contribution in [3.63, 3.8) is 0 Å². The van der Waals surface area contributed by atoms with Crippen LogP contribution in [-0.4, -0.2) is 12.5 Å². The number of hydrogen-bond acceptors (Lipinski definition) is 2. The van der Waals surface area contributed by atoms with E-state index in [9.17, 15) is 17.6 Å². The second-order valence-electron chi connectivity index (χ2n) is 2.34. The highest BCUT2D eigenvalue weighted by molar-refractivity contribution is 5.20. The molecule has 0 fully saturated rings. The normalized spacial score (nSPS) is 11.8. The van der Waals surface area contributed by atoms with Crippen molar-refractivity contribution >= 4 is 0 Å². The van der Waals surface area contributed by atoms with E-state index < -0.39 is 12.5 Å². The highest BCUT2D eigenvalue weighted by atomic mass is 19.3. The van der Waals surface area contributed by atoms with E-state index in [1.165, 1.54) is 24.3 Å². The zero-order chi connectivity index (χ0) is 10.6. The Bertz CT molecular complexity index is 276. The summed E-state index contributed by atoms with van der Waals surface area (Å²) in [7, 11) is 0. The third-order valence-electron chi connectivity index (χ3n) is 1.25. The van der Waals surface area contributed by atoms with Crippen molar-refractivity contribution in [2.24, 2.45) is 0 Å². The highest BCUT2D eigenvalue weighted by Gasteiger charge is 2.44. The van der Waals surface area contributed by atoms with Crippen molar-refractivity contribution in [3.8, 4) is 5.75 Å². The first-order valence-electron chi connectivity index (χ1n) is 3.59. The molecular weight excluding hydrogens is 204 g/mol. The van der Waals surface area contributed by atoms with Crippen LogP contribution < -0.4 is 4.89 Å². The first-order valence-corrected chi connectivity index (χ1v) is 3.59. The Morgan fingerprint density at radius 2 is 1.64 bits per heavy atom. The number of rotatable bonds is 4. The van der Waals surface area contributed by atoms with E-state index in [-0.39, 0.29) is 5.75 Å². The van der Waals surface area contributed by atoms with Gasteiger partial charge in [0, 0.05) is 0 Å². The van der Waals surface area contributed by atoms with Crippen molar-refractivity contribution in [1.29, 1.82) is 0 Å². The van der Waals surface area contributed by atoms with Crippen molar-refractivity contribution in [1.82, 2.24) is 0 Å². The lowest BCUT2D eigenvalue weighted by molar-refractivity contribution is -0.422. The minimum absolute atomic E-state index is 0.0761. The van der Waals surface area contributed by atoms with Crippen LogP contribution in [0.4, 0.5) is 17.6 Å². The molecule has 14 heavy (non-hydrogen) atoms. The molecule has 1 rings (SSSR count). The largest absolute Gasteiger partial charge is 0.451 e. The van der Waals surface area contributed by atoms with Gasteiger partial charge in [0.2, 0.25) is 0 Å². The Balaban J connectivity index is 2.49. The number of benzene rings is 1. The van der Waals surface area contributed by atoms with Crippen LogP contribution in [0.1, 0.15) is 0 Å². The van der Waals surface area contributed by atoms with E-state index >= 15 is 0 Å². The van der Waals surface area contributed by atoms with Gasteiger partial charge >= 0.3 is 12.5 Å². The maximum Gasteiger partial charge on any atom is 0.451 e. The molecule has 0 saturated carbocycles. The molecule has 0 radical (unpaired) electrons. The summed E-state index contributed by atoms with van der Waals surface area (Å²) in [6, 6.07) is 7.17. The fourth-order valence-corrected chi connectivity index (χ4v) is 0.616. The number of hydrogen-bond donors (Lipinski definition) is 0. The van der Waals surface area contributed by atoms with Crippen molar-refractivity contribution in [2.45, 2.75) is 12.5 Å². The van der Waals surface area contributed by atoms with E-state index in [0.29, 0.717) is 0 Å². The topological polar surface area (TPSA) is 18.5 Å². The van der Waals surface area contributed by atoms with Crippen LogP contribution in [0, 0.1) is 0 Å². The molecule has 0 aliphatic rings. The van der Waals surface area contributed by atoms with Gasteiger partial charge in [-0.25, -0.2) is 8.78 Å². The van der Waals surface area contributed by atoms with Crippen LogP contribution in [0.2, 0.25) is 0 Å². The summed E-state index contributed by atoms with van der Waals surface area (Å²) >= 11 is 0. The molecule has 1 aromatic carbocycles. The SMILES string of the molecule is FC(F)C(F)(F)OOc1ccccc1. The van der Waals surface area contributed by atoms with Gasteiger partial charge in [-0.15, -0.1) is 4.89 Å². The van der Waals surface area contributed by atoms with Gasteiger partial charge in [0.25, 0.3) is 0 Å². The van der Waals surface area contributed by atoms with Gasteiger partial charge < -0.3 is 4.89 Å². The third-order valence-corrected chi connectivity index (χ3v) is 1.25. The Morgan fingerprint density at radius 3 is 2.14 bits per heavy atom. The standard InChI is InChI=1S/C8H6F4O2/c9-7(10)8(11,12)14-13-6-4-2-1-3-5-6/h1-5,7H. The lowest BCUT2D eigenvalue weighted by Gasteiger charge is -2.13. The predicted octanol–water partition coefficient (Wildman–Crippen LogP) is 2.85. The fraction of sp³-hybridized carbons (Fsp3) is 0.250. The lowest BCUT2D eigenvalue weighted by atomic mass is 10.3. The molecule has 0 bridgehead atoms. The fourth-order valence-electron chi connectivity index (χ4n) is 0.616. The number of alkyl halides is 4. The first kappa shape index (κ1) is 10.8. The van der Waals surface area contributed by atoms with Crippen molar-refractivity contribution in [2.75, 3.05) is 0 Å². The van der Waals surface area contributed by atoms with Gasteiger partial charge in [0.1, 0.15) is 0 Å². The van der Waals surface area contributed by atoms with Crippen molar-refractivity contribution in [3.05, 3.63) is 30.3 Å². The molecule has 0 aliphatic carbocycles. The van der Waals surface area contributed by atoms with E-state index in [2.05, 4.69) is 9.78 Å². The van der Waals surface area contributed by atoms with Gasteiger partial charge in [-0.1, -0.05) is 18.2 Å². The molecular formula is C8H6F4O2.